The van der Waals surface area contributed by atoms with E-state index in [1.54, 1.807) is 6.33 Å². The fourth-order valence-electron chi connectivity index (χ4n) is 2.72. The van der Waals surface area contributed by atoms with Gasteiger partial charge in [-0.25, -0.2) is 9.97 Å². The van der Waals surface area contributed by atoms with E-state index in [0.29, 0.717) is 4.75 Å². The molecule has 0 aliphatic heterocycles. The lowest BCUT2D eigenvalue weighted by Gasteiger charge is -2.40. The van der Waals surface area contributed by atoms with E-state index in [1.807, 2.05) is 11.8 Å². The molecular formula is C16H28N4S. The first kappa shape index (κ1) is 16.4. The van der Waals surface area contributed by atoms with Crippen molar-refractivity contribution in [3.63, 3.8) is 0 Å². The van der Waals surface area contributed by atoms with Gasteiger partial charge in [0.15, 0.2) is 0 Å². The van der Waals surface area contributed by atoms with Crippen LogP contribution in [0.5, 0.6) is 0 Å². The van der Waals surface area contributed by atoms with Crippen LogP contribution in [-0.2, 0) is 6.42 Å². The molecule has 21 heavy (non-hydrogen) atoms. The molecule has 2 rings (SSSR count). The number of nitrogens with one attached hydrogen (secondary N) is 2. The lowest BCUT2D eigenvalue weighted by molar-refractivity contribution is 0.379. The van der Waals surface area contributed by atoms with E-state index in [2.05, 4.69) is 40.7 Å². The normalized spacial score (nSPS) is 16.3. The van der Waals surface area contributed by atoms with Gasteiger partial charge >= 0.3 is 0 Å². The summed E-state index contributed by atoms with van der Waals surface area (Å²) < 4.78 is 0.422. The largest absolute Gasteiger partial charge is 0.370 e. The molecule has 0 saturated heterocycles. The van der Waals surface area contributed by atoms with E-state index < -0.39 is 0 Å². The molecule has 118 valence electrons. The second kappa shape index (κ2) is 7.87. The Morgan fingerprint density at radius 2 is 1.86 bits per heavy atom. The topological polar surface area (TPSA) is 49.8 Å². The molecule has 1 aliphatic carbocycles. The number of aromatic nitrogens is 2. The van der Waals surface area contributed by atoms with Crippen molar-refractivity contribution in [3.05, 3.63) is 11.9 Å². The van der Waals surface area contributed by atoms with Crippen molar-refractivity contribution in [2.24, 2.45) is 0 Å². The molecule has 5 heteroatoms. The van der Waals surface area contributed by atoms with E-state index in [4.69, 9.17) is 0 Å². The summed E-state index contributed by atoms with van der Waals surface area (Å²) in [7, 11) is 0. The maximum atomic E-state index is 4.49. The van der Waals surface area contributed by atoms with Crippen LogP contribution in [0.4, 0.5) is 11.6 Å². The number of hydrogen-bond acceptors (Lipinski definition) is 5. The van der Waals surface area contributed by atoms with Gasteiger partial charge in [0.05, 0.1) is 0 Å². The van der Waals surface area contributed by atoms with Crippen LogP contribution in [0.1, 0.15) is 51.5 Å². The monoisotopic (exact) mass is 308 g/mol. The fourth-order valence-corrected chi connectivity index (χ4v) is 3.63. The second-order valence-corrected chi connectivity index (χ2v) is 7.09. The van der Waals surface area contributed by atoms with Crippen LogP contribution < -0.4 is 10.6 Å². The highest BCUT2D eigenvalue weighted by molar-refractivity contribution is 8.00. The summed E-state index contributed by atoms with van der Waals surface area (Å²) in [6, 6.07) is 0. The first-order valence-corrected chi connectivity index (χ1v) is 9.34. The molecule has 1 heterocycles. The van der Waals surface area contributed by atoms with Crippen LogP contribution in [-0.4, -0.2) is 34.1 Å². The Morgan fingerprint density at radius 1 is 1.14 bits per heavy atom. The number of nitrogens with zero attached hydrogens (tertiary/aromatic N) is 2. The number of rotatable bonds is 9. The molecule has 2 N–H and O–H groups in total. The number of thioether (sulfide) groups is 1. The van der Waals surface area contributed by atoms with Gasteiger partial charge in [0.25, 0.3) is 0 Å². The number of anilines is 2. The predicted octanol–water partition coefficient (Wildman–Crippen LogP) is 3.95. The summed E-state index contributed by atoms with van der Waals surface area (Å²) in [6.07, 6.45) is 11.1. The van der Waals surface area contributed by atoms with Crippen LogP contribution in [0.15, 0.2) is 6.33 Å². The summed E-state index contributed by atoms with van der Waals surface area (Å²) in [6.45, 7) is 6.35. The molecule has 1 aliphatic rings. The molecule has 0 aromatic carbocycles. The molecule has 0 radical (unpaired) electrons. The van der Waals surface area contributed by atoms with Crippen LogP contribution in [0, 0.1) is 0 Å². The molecule has 0 atom stereocenters. The lowest BCUT2D eigenvalue weighted by atomic mass is 9.84. The first-order valence-electron chi connectivity index (χ1n) is 8.11. The van der Waals surface area contributed by atoms with Crippen molar-refractivity contribution >= 4 is 23.4 Å². The molecule has 0 amide bonds. The van der Waals surface area contributed by atoms with Crippen LogP contribution in [0.25, 0.3) is 0 Å². The maximum Gasteiger partial charge on any atom is 0.134 e. The van der Waals surface area contributed by atoms with Gasteiger partial charge < -0.3 is 10.6 Å². The summed E-state index contributed by atoms with van der Waals surface area (Å²) in [4.78, 5) is 8.92. The summed E-state index contributed by atoms with van der Waals surface area (Å²) in [5, 5.41) is 7.03. The van der Waals surface area contributed by atoms with Crippen molar-refractivity contribution < 1.29 is 0 Å². The Bertz CT molecular complexity index is 440. The first-order chi connectivity index (χ1) is 10.2. The Hall–Kier alpha value is -0.970. The molecule has 0 bridgehead atoms. The van der Waals surface area contributed by atoms with Crippen molar-refractivity contribution in [3.8, 4) is 0 Å². The van der Waals surface area contributed by atoms with Crippen LogP contribution in [0.3, 0.4) is 0 Å². The van der Waals surface area contributed by atoms with Gasteiger partial charge in [-0.05, 0) is 31.9 Å². The Labute approximate surface area is 132 Å². The SMILES string of the molecule is CCCNc1ncnc(NCC2(SC)CCC2)c1CCC. The standard InChI is InChI=1S/C16H28N4S/c1-4-7-13-14(17-10-5-2)19-12-20-15(13)18-11-16(21-3)8-6-9-16/h12H,4-11H2,1-3H3,(H2,17,18,19,20). The maximum absolute atomic E-state index is 4.49. The molecule has 1 aromatic heterocycles. The molecule has 1 saturated carbocycles. The zero-order valence-electron chi connectivity index (χ0n) is 13.5. The third-order valence-electron chi connectivity index (χ3n) is 4.26. The third kappa shape index (κ3) is 4.02. The zero-order chi connectivity index (χ0) is 15.1. The van der Waals surface area contributed by atoms with Crippen LogP contribution >= 0.6 is 11.8 Å². The quantitative estimate of drug-likeness (QED) is 0.723. The van der Waals surface area contributed by atoms with Gasteiger partial charge in [0, 0.05) is 23.4 Å². The minimum atomic E-state index is 0.422. The molecule has 1 aromatic rings. The summed E-state index contributed by atoms with van der Waals surface area (Å²) >= 11 is 1.99. The molecule has 0 spiro atoms. The lowest BCUT2D eigenvalue weighted by Crippen LogP contribution is -2.40. The van der Waals surface area contributed by atoms with Crippen LogP contribution in [0.2, 0.25) is 0 Å². The molecule has 1 fully saturated rings. The minimum Gasteiger partial charge on any atom is -0.370 e. The van der Waals surface area contributed by atoms with E-state index >= 15 is 0 Å². The van der Waals surface area contributed by atoms with Crippen molar-refractivity contribution in [1.82, 2.24) is 9.97 Å². The van der Waals surface area contributed by atoms with Crippen molar-refractivity contribution in [2.45, 2.75) is 57.1 Å². The minimum absolute atomic E-state index is 0.422. The van der Waals surface area contributed by atoms with E-state index in [-0.39, 0.29) is 0 Å². The number of hydrogen-bond donors (Lipinski definition) is 2. The smallest absolute Gasteiger partial charge is 0.134 e. The van der Waals surface area contributed by atoms with Gasteiger partial charge in [-0.3, -0.25) is 0 Å². The van der Waals surface area contributed by atoms with Gasteiger partial charge in [-0.1, -0.05) is 26.7 Å². The highest BCUT2D eigenvalue weighted by atomic mass is 32.2. The highest BCUT2D eigenvalue weighted by Gasteiger charge is 2.36. The molecular weight excluding hydrogens is 280 g/mol. The Kier molecular flexibility index (Phi) is 6.15. The highest BCUT2D eigenvalue weighted by Crippen LogP contribution is 2.42. The average Bonchev–Trinajstić information content (AvgIpc) is 2.46. The van der Waals surface area contributed by atoms with Crippen molar-refractivity contribution in [2.75, 3.05) is 30.0 Å². The Balaban J connectivity index is 2.09. The van der Waals surface area contributed by atoms with E-state index in [9.17, 15) is 0 Å². The van der Waals surface area contributed by atoms with E-state index in [0.717, 1.165) is 44.0 Å². The van der Waals surface area contributed by atoms with E-state index in [1.165, 1.54) is 24.8 Å². The Morgan fingerprint density at radius 3 is 2.38 bits per heavy atom. The van der Waals surface area contributed by atoms with Gasteiger partial charge in [-0.15, -0.1) is 0 Å². The predicted molar refractivity (Wildman–Crippen MR) is 93.4 cm³/mol. The summed E-state index contributed by atoms with van der Waals surface area (Å²) in [5.74, 6) is 2.02. The van der Waals surface area contributed by atoms with Gasteiger partial charge in [0.1, 0.15) is 18.0 Å². The van der Waals surface area contributed by atoms with Gasteiger partial charge in [0.2, 0.25) is 0 Å². The van der Waals surface area contributed by atoms with Gasteiger partial charge in [-0.2, -0.15) is 11.8 Å². The second-order valence-electron chi connectivity index (χ2n) is 5.82. The third-order valence-corrected chi connectivity index (χ3v) is 5.68. The molecule has 4 nitrogen and oxygen atoms in total. The summed E-state index contributed by atoms with van der Waals surface area (Å²) in [5.41, 5.74) is 1.24. The fraction of sp³-hybridized carbons (Fsp3) is 0.750. The van der Waals surface area contributed by atoms with Crippen molar-refractivity contribution in [1.29, 1.82) is 0 Å². The zero-order valence-corrected chi connectivity index (χ0v) is 14.4. The average molecular weight is 308 g/mol. The molecule has 0 unspecified atom stereocenters.